The molecular weight excluding hydrogens is 251 g/mol. The summed E-state index contributed by atoms with van der Waals surface area (Å²) in [5, 5.41) is 0. The Morgan fingerprint density at radius 2 is 2.00 bits per heavy atom. The smallest absolute Gasteiger partial charge is 0.326 e. The lowest BCUT2D eigenvalue weighted by Gasteiger charge is -2.19. The second-order valence-corrected chi connectivity index (χ2v) is 6.82. The van der Waals surface area contributed by atoms with Crippen molar-refractivity contribution in [2.24, 2.45) is 9.03 Å². The molecule has 1 atom stereocenters. The monoisotopic (exact) mass is 257 g/mol. The first-order chi connectivity index (χ1) is 5.85. The van der Waals surface area contributed by atoms with E-state index in [1.807, 2.05) is 0 Å². The van der Waals surface area contributed by atoms with Crippen molar-refractivity contribution < 1.29 is 21.3 Å². The second kappa shape index (κ2) is 3.95. The van der Waals surface area contributed by atoms with Gasteiger partial charge in [0.25, 0.3) is 0 Å². The molecule has 11 heteroatoms. The van der Waals surface area contributed by atoms with Crippen LogP contribution in [0.3, 0.4) is 0 Å². The van der Waals surface area contributed by atoms with Gasteiger partial charge in [0, 0.05) is 0 Å². The van der Waals surface area contributed by atoms with Gasteiger partial charge >= 0.3 is 15.7 Å². The standard InChI is InChI=1S/C2H6F4N3OP3/c1-2-10-11-7-12(3,4)9-13(5,6)8-11/h7H,2H2,1H3. The van der Waals surface area contributed by atoms with Crippen LogP contribution in [-0.2, 0) is 4.52 Å². The highest BCUT2D eigenvalue weighted by molar-refractivity contribution is 7.78. The van der Waals surface area contributed by atoms with E-state index < -0.39 is 24.1 Å². The highest BCUT2D eigenvalue weighted by Crippen LogP contribution is 2.75. The maximum Gasteiger partial charge on any atom is 0.422 e. The molecule has 0 amide bonds. The predicted molar refractivity (Wildman–Crippen MR) is 44.8 cm³/mol. The third-order valence-electron chi connectivity index (χ3n) is 0.866. The van der Waals surface area contributed by atoms with Gasteiger partial charge in [-0.3, -0.25) is 0 Å². The number of hydrogen-bond donors (Lipinski definition) is 1. The zero-order valence-electron chi connectivity index (χ0n) is 6.36. The van der Waals surface area contributed by atoms with Gasteiger partial charge in [0.15, 0.2) is 0 Å². The van der Waals surface area contributed by atoms with Crippen molar-refractivity contribution in [2.45, 2.75) is 6.92 Å². The molecule has 1 heterocycles. The summed E-state index contributed by atoms with van der Waals surface area (Å²) >= 11 is 0. The van der Waals surface area contributed by atoms with Crippen LogP contribution >= 0.6 is 24.1 Å². The van der Waals surface area contributed by atoms with Gasteiger partial charge in [0.05, 0.1) is 6.61 Å². The van der Waals surface area contributed by atoms with E-state index in [-0.39, 0.29) is 6.61 Å². The lowest BCUT2D eigenvalue weighted by molar-refractivity contribution is 0.375. The summed E-state index contributed by atoms with van der Waals surface area (Å²) in [5.74, 6) is 0. The molecule has 0 fully saturated rings. The van der Waals surface area contributed by atoms with Gasteiger partial charge in [-0.15, -0.1) is 12.9 Å². The molecule has 0 aromatic heterocycles. The van der Waals surface area contributed by atoms with Gasteiger partial charge in [-0.05, 0) is 6.92 Å². The molecule has 0 saturated carbocycles. The Morgan fingerprint density at radius 3 is 2.46 bits per heavy atom. The predicted octanol–water partition coefficient (Wildman–Crippen LogP) is 4.62. The lowest BCUT2D eigenvalue weighted by atomic mass is 10.9. The highest BCUT2D eigenvalue weighted by Gasteiger charge is 2.36. The Bertz CT molecular complexity index is 295. The molecule has 0 aromatic rings. The molecule has 1 aliphatic heterocycles. The SMILES string of the molecule is CCOP1N=P(F)(F)N=P(F)(F)N1. The van der Waals surface area contributed by atoms with Gasteiger partial charge < -0.3 is 4.52 Å². The quantitative estimate of drug-likeness (QED) is 0.579. The van der Waals surface area contributed by atoms with E-state index in [9.17, 15) is 16.8 Å². The topological polar surface area (TPSA) is 46.0 Å². The number of hydrogen-bond acceptors (Lipinski definition) is 4. The zero-order chi connectivity index (χ0) is 10.1. The number of halogens is 4. The third kappa shape index (κ3) is 3.64. The minimum atomic E-state index is -5.15. The van der Waals surface area contributed by atoms with Crippen LogP contribution in [0.5, 0.6) is 0 Å². The molecule has 1 rings (SSSR count). The van der Waals surface area contributed by atoms with Crippen molar-refractivity contribution in [3.8, 4) is 0 Å². The van der Waals surface area contributed by atoms with Crippen molar-refractivity contribution >= 4 is 24.1 Å². The van der Waals surface area contributed by atoms with E-state index in [1.165, 1.54) is 6.92 Å². The summed E-state index contributed by atoms with van der Waals surface area (Å²) in [7, 11) is -12.5. The van der Waals surface area contributed by atoms with Crippen molar-refractivity contribution in [3.63, 3.8) is 0 Å². The first kappa shape index (κ1) is 11.6. The van der Waals surface area contributed by atoms with Crippen LogP contribution in [-0.4, -0.2) is 6.61 Å². The van der Waals surface area contributed by atoms with Crippen molar-refractivity contribution in [3.05, 3.63) is 0 Å². The molecule has 0 aliphatic carbocycles. The summed E-state index contributed by atoms with van der Waals surface area (Å²) < 4.78 is 59.5. The van der Waals surface area contributed by atoms with E-state index in [1.54, 1.807) is 4.86 Å². The summed E-state index contributed by atoms with van der Waals surface area (Å²) in [6.45, 7) is 1.57. The third-order valence-corrected chi connectivity index (χ3v) is 6.29. The molecule has 1 unspecified atom stereocenters. The summed E-state index contributed by atoms with van der Waals surface area (Å²) in [4.78, 5) is 1.58. The minimum Gasteiger partial charge on any atom is -0.326 e. The molecule has 0 radical (unpaired) electrons. The number of nitrogens with zero attached hydrogens (tertiary/aromatic N) is 2. The van der Waals surface area contributed by atoms with E-state index >= 15 is 0 Å². The summed E-state index contributed by atoms with van der Waals surface area (Å²) in [6.07, 6.45) is 0. The molecule has 13 heavy (non-hydrogen) atoms. The normalized spacial score (nSPS) is 30.4. The summed E-state index contributed by atoms with van der Waals surface area (Å²) in [5.41, 5.74) is 0. The van der Waals surface area contributed by atoms with Crippen LogP contribution in [0.25, 0.3) is 0 Å². The molecule has 0 aromatic carbocycles. The highest BCUT2D eigenvalue weighted by atomic mass is 31.3. The van der Waals surface area contributed by atoms with Crippen molar-refractivity contribution in [1.29, 1.82) is 0 Å². The van der Waals surface area contributed by atoms with E-state index in [0.29, 0.717) is 0 Å². The van der Waals surface area contributed by atoms with Crippen molar-refractivity contribution in [1.82, 2.24) is 4.86 Å². The second-order valence-electron chi connectivity index (χ2n) is 1.91. The number of rotatable bonds is 2. The Hall–Kier alpha value is 0.530. The average molecular weight is 257 g/mol. The molecule has 4 nitrogen and oxygen atoms in total. The van der Waals surface area contributed by atoms with Crippen LogP contribution < -0.4 is 4.86 Å². The average Bonchev–Trinajstić information content (AvgIpc) is 1.78. The minimum absolute atomic E-state index is 0.0577. The van der Waals surface area contributed by atoms with Gasteiger partial charge in [0.1, 0.15) is 0 Å². The van der Waals surface area contributed by atoms with Gasteiger partial charge in [-0.2, -0.15) is 17.8 Å². The fraction of sp³-hybridized carbons (Fsp3) is 1.00. The zero-order valence-corrected chi connectivity index (χ0v) is 9.05. The van der Waals surface area contributed by atoms with Gasteiger partial charge in [0.2, 0.25) is 8.45 Å². The molecule has 0 spiro atoms. The Morgan fingerprint density at radius 1 is 1.38 bits per heavy atom. The fourth-order valence-corrected chi connectivity index (χ4v) is 5.44. The van der Waals surface area contributed by atoms with E-state index in [4.69, 9.17) is 0 Å². The maximum atomic E-state index is 12.5. The molecule has 0 bridgehead atoms. The fourth-order valence-electron chi connectivity index (χ4n) is 0.571. The molecular formula is C2H6F4N3OP3. The first-order valence-corrected chi connectivity index (χ1v) is 7.31. The Kier molecular flexibility index (Phi) is 3.53. The summed E-state index contributed by atoms with van der Waals surface area (Å²) in [6, 6.07) is 0. The van der Waals surface area contributed by atoms with Crippen LogP contribution in [0.4, 0.5) is 16.8 Å². The van der Waals surface area contributed by atoms with Crippen LogP contribution in [0, 0.1) is 0 Å². The molecule has 1 N–H and O–H groups in total. The van der Waals surface area contributed by atoms with Gasteiger partial charge in [-0.1, -0.05) is 0 Å². The lowest BCUT2D eigenvalue weighted by Crippen LogP contribution is -2.01. The Labute approximate surface area is 73.7 Å². The molecule has 1 aliphatic rings. The maximum absolute atomic E-state index is 12.5. The van der Waals surface area contributed by atoms with Crippen LogP contribution in [0.2, 0.25) is 0 Å². The molecule has 0 saturated heterocycles. The largest absolute Gasteiger partial charge is 0.422 e. The first-order valence-electron chi connectivity index (χ1n) is 3.10. The van der Waals surface area contributed by atoms with E-state index in [2.05, 4.69) is 13.6 Å². The van der Waals surface area contributed by atoms with E-state index in [0.717, 1.165) is 0 Å². The molecule has 78 valence electrons. The Balaban J connectivity index is 2.91. The van der Waals surface area contributed by atoms with Crippen molar-refractivity contribution in [2.75, 3.05) is 6.61 Å². The van der Waals surface area contributed by atoms with Crippen LogP contribution in [0.15, 0.2) is 9.03 Å². The number of nitrogens with one attached hydrogen (secondary N) is 1. The van der Waals surface area contributed by atoms with Gasteiger partial charge in [-0.25, -0.2) is 0 Å². The van der Waals surface area contributed by atoms with Crippen LogP contribution in [0.1, 0.15) is 6.92 Å².